The lowest BCUT2D eigenvalue weighted by atomic mass is 10.1. The molecule has 0 radical (unpaired) electrons. The van der Waals surface area contributed by atoms with Gasteiger partial charge in [0.15, 0.2) is 16.6 Å². The van der Waals surface area contributed by atoms with Gasteiger partial charge in [0.05, 0.1) is 13.2 Å². The summed E-state index contributed by atoms with van der Waals surface area (Å²) < 4.78 is 12.4. The Labute approximate surface area is 256 Å². The predicted molar refractivity (Wildman–Crippen MR) is 189 cm³/mol. The molecule has 2 rings (SSSR count). The molecule has 38 heavy (non-hydrogen) atoms. The minimum Gasteiger partial charge on any atom is -0.412 e. The van der Waals surface area contributed by atoms with E-state index < -0.39 is 16.6 Å². The van der Waals surface area contributed by atoms with E-state index in [0.29, 0.717) is 10.1 Å². The number of hydrogen-bond donors (Lipinski definition) is 0. The van der Waals surface area contributed by atoms with Crippen LogP contribution in [0.15, 0.2) is 29.6 Å². The summed E-state index contributed by atoms with van der Waals surface area (Å²) in [4.78, 5) is 4.25. The maximum Gasteiger partial charge on any atom is 0.192 e. The quantitative estimate of drug-likeness (QED) is 0.163. The van der Waals surface area contributed by atoms with Crippen LogP contribution in [0.2, 0.25) is 36.3 Å². The first kappa shape index (κ1) is 40.2. The van der Waals surface area contributed by atoms with Gasteiger partial charge in [0.1, 0.15) is 0 Å². The first-order valence-electron chi connectivity index (χ1n) is 14.0. The largest absolute Gasteiger partial charge is 0.412 e. The number of hydrogen-bond acceptors (Lipinski definition) is 4. The van der Waals surface area contributed by atoms with E-state index in [1.54, 1.807) is 11.3 Å². The lowest BCUT2D eigenvalue weighted by Gasteiger charge is -2.36. The predicted octanol–water partition coefficient (Wildman–Crippen LogP) is 12.4. The van der Waals surface area contributed by atoms with Crippen LogP contribution in [0.4, 0.5) is 0 Å². The molecule has 0 bridgehead atoms. The zero-order valence-electron chi connectivity index (χ0n) is 25.9. The highest BCUT2D eigenvalue weighted by molar-refractivity contribution is 7.59. The second kappa shape index (κ2) is 18.5. The molecule has 0 spiro atoms. The summed E-state index contributed by atoms with van der Waals surface area (Å²) in [7, 11) is -3.17. The van der Waals surface area contributed by atoms with Crippen LogP contribution in [0, 0.1) is 0 Å². The molecule has 0 aliphatic carbocycles. The van der Waals surface area contributed by atoms with Crippen molar-refractivity contribution in [3.63, 3.8) is 0 Å². The molecular weight excluding hydrogens is 557 g/mol. The summed E-state index contributed by atoms with van der Waals surface area (Å²) >= 11 is 3.72. The highest BCUT2D eigenvalue weighted by Gasteiger charge is 2.37. The van der Waals surface area contributed by atoms with Crippen LogP contribution in [0.5, 0.6) is 0 Å². The fourth-order valence-corrected chi connectivity index (χ4v) is 6.74. The summed E-state index contributed by atoms with van der Waals surface area (Å²) in [5.74, 6) is 0. The topological polar surface area (TPSA) is 18.5 Å². The van der Waals surface area contributed by atoms with Crippen molar-refractivity contribution in [2.45, 2.75) is 150 Å². The smallest absolute Gasteiger partial charge is 0.192 e. The molecule has 2 nitrogen and oxygen atoms in total. The Morgan fingerprint density at radius 2 is 1.18 bits per heavy atom. The van der Waals surface area contributed by atoms with Gasteiger partial charge in [0.2, 0.25) is 0 Å². The van der Waals surface area contributed by atoms with E-state index in [4.69, 9.17) is 8.85 Å². The van der Waals surface area contributed by atoms with E-state index in [-0.39, 0.29) is 22.3 Å². The van der Waals surface area contributed by atoms with Crippen molar-refractivity contribution in [1.82, 2.24) is 0 Å². The molecular formula is C31H64O2S3Si2. The van der Waals surface area contributed by atoms with Gasteiger partial charge in [-0.05, 0) is 72.7 Å². The van der Waals surface area contributed by atoms with Crippen molar-refractivity contribution in [3.05, 3.63) is 44.3 Å². The van der Waals surface area contributed by atoms with Crippen LogP contribution < -0.4 is 0 Å². The van der Waals surface area contributed by atoms with Crippen molar-refractivity contribution in [3.8, 4) is 0 Å². The van der Waals surface area contributed by atoms with E-state index in [2.05, 4.69) is 104 Å². The van der Waals surface area contributed by atoms with Gasteiger partial charge < -0.3 is 8.85 Å². The maximum absolute atomic E-state index is 6.31. The maximum atomic E-state index is 6.31. The zero-order chi connectivity index (χ0) is 27.5. The minimum atomic E-state index is -1.62. The molecule has 0 atom stereocenters. The third kappa shape index (κ3) is 15.2. The third-order valence-corrected chi connectivity index (χ3v) is 18.8. The van der Waals surface area contributed by atoms with Gasteiger partial charge >= 0.3 is 0 Å². The second-order valence-corrected chi connectivity index (χ2v) is 25.0. The van der Waals surface area contributed by atoms with Crippen molar-refractivity contribution < 1.29 is 10.3 Å². The minimum absolute atomic E-state index is 0. The first-order chi connectivity index (χ1) is 16.6. The number of unbranched alkanes of at least 4 members (excludes halogenated alkanes) is 5. The molecule has 2 aromatic heterocycles. The van der Waals surface area contributed by atoms with E-state index in [1.165, 1.54) is 59.6 Å². The Hall–Kier alpha value is 0.104. The molecule has 0 aliphatic rings. The molecule has 0 aromatic carbocycles. The average Bonchev–Trinajstić information content (AvgIpc) is 3.44. The average molecular weight is 623 g/mol. The van der Waals surface area contributed by atoms with Crippen LogP contribution in [0.25, 0.3) is 0 Å². The Kier molecular flexibility index (Phi) is 19.6. The lowest BCUT2D eigenvalue weighted by Crippen LogP contribution is -2.40. The summed E-state index contributed by atoms with van der Waals surface area (Å²) in [6, 6.07) is 8.79. The highest BCUT2D eigenvalue weighted by Crippen LogP contribution is 2.38. The number of aryl methyl sites for hydroxylation is 1. The molecule has 0 aliphatic heterocycles. The Balaban J connectivity index is -0.000000667. The molecule has 0 amide bonds. The summed E-state index contributed by atoms with van der Waals surface area (Å²) in [6.07, 6.45) is 9.51. The molecule has 0 unspecified atom stereocenters. The van der Waals surface area contributed by atoms with Gasteiger partial charge in [0.25, 0.3) is 0 Å². The lowest BCUT2D eigenvalue weighted by molar-refractivity contribution is 0.279. The van der Waals surface area contributed by atoms with Gasteiger partial charge in [0, 0.05) is 16.1 Å². The van der Waals surface area contributed by atoms with Crippen molar-refractivity contribution in [2.24, 2.45) is 0 Å². The van der Waals surface area contributed by atoms with Gasteiger partial charge in [-0.2, -0.15) is 13.5 Å². The van der Waals surface area contributed by atoms with E-state index in [9.17, 15) is 0 Å². The molecule has 0 saturated heterocycles. The van der Waals surface area contributed by atoms with E-state index in [1.807, 2.05) is 11.3 Å². The Morgan fingerprint density at radius 1 is 0.711 bits per heavy atom. The molecule has 0 N–H and O–H groups in total. The zero-order valence-corrected chi connectivity index (χ0v) is 30.5. The van der Waals surface area contributed by atoms with Crippen molar-refractivity contribution in [2.75, 3.05) is 0 Å². The fourth-order valence-electron chi connectivity index (χ4n) is 3.04. The third-order valence-electron chi connectivity index (χ3n) is 7.84. The van der Waals surface area contributed by atoms with Crippen LogP contribution in [0.1, 0.15) is 110 Å². The van der Waals surface area contributed by atoms with Gasteiger partial charge in [-0.3, -0.25) is 0 Å². The summed E-state index contributed by atoms with van der Waals surface area (Å²) in [5.41, 5.74) is 0. The van der Waals surface area contributed by atoms with Gasteiger partial charge in [-0.15, -0.1) is 22.7 Å². The van der Waals surface area contributed by atoms with E-state index >= 15 is 0 Å². The monoisotopic (exact) mass is 622 g/mol. The van der Waals surface area contributed by atoms with Gasteiger partial charge in [-0.25, -0.2) is 0 Å². The SMILES string of the molecule is C.CC(C)(C)[Si](C)(C)OCc1cccs1.CCCCCCCCc1ccc(CO[Si](C)(C)C(C)(C)C)s1.S.[3HH]. The molecule has 0 fully saturated rings. The Morgan fingerprint density at radius 3 is 1.66 bits per heavy atom. The Bertz CT molecular complexity index is 839. The second-order valence-electron chi connectivity index (χ2n) is 13.1. The molecule has 226 valence electrons. The van der Waals surface area contributed by atoms with E-state index in [0.717, 1.165) is 13.2 Å². The van der Waals surface area contributed by atoms with Crippen molar-refractivity contribution in [1.29, 1.82) is 0 Å². The molecule has 2 aromatic rings. The van der Waals surface area contributed by atoms with Crippen LogP contribution in [0.3, 0.4) is 0 Å². The first-order valence-corrected chi connectivity index (χ1v) is 21.5. The summed E-state index contributed by atoms with van der Waals surface area (Å²) in [5, 5.41) is 2.71. The molecule has 0 saturated carbocycles. The van der Waals surface area contributed by atoms with Gasteiger partial charge in [-0.1, -0.05) is 94.1 Å². The van der Waals surface area contributed by atoms with Crippen LogP contribution in [-0.4, -0.2) is 16.6 Å². The summed E-state index contributed by atoms with van der Waals surface area (Å²) in [6.45, 7) is 26.8. The molecule has 7 heteroatoms. The van der Waals surface area contributed by atoms with Crippen LogP contribution in [-0.2, 0) is 28.5 Å². The molecule has 2 heterocycles. The highest BCUT2D eigenvalue weighted by atomic mass is 32.1. The van der Waals surface area contributed by atoms with Crippen LogP contribution >= 0.6 is 36.2 Å². The fraction of sp³-hybridized carbons (Fsp3) is 0.742. The number of thiophene rings is 2. The standard InChI is InChI=1S/C19H36OSSi.C11H20OSSi.CH4.H2S.H2/c1-7-8-9-10-11-12-13-17-14-15-18(21-17)16-20-22(5,6)19(2,3)4;1-11(2,3)14(4,5)12-9-10-7-6-8-13-10;;;/h14-15H,7-13,16H2,1-6H3;6-8H,9H2,1-5H3;1H4;1H2;1H/i;;;;1+2. The number of rotatable bonds is 13. The normalized spacial score (nSPS) is 12.3. The van der Waals surface area contributed by atoms with Crippen molar-refractivity contribution >= 4 is 52.8 Å².